The molecule has 0 aliphatic heterocycles. The van der Waals surface area contributed by atoms with Gasteiger partial charge in [0.15, 0.2) is 5.82 Å². The van der Waals surface area contributed by atoms with Crippen LogP contribution in [0.25, 0.3) is 5.82 Å². The van der Waals surface area contributed by atoms with Gasteiger partial charge in [-0.25, -0.2) is 14.6 Å². The van der Waals surface area contributed by atoms with E-state index in [4.69, 9.17) is 0 Å². The Balaban J connectivity index is 2.30. The Morgan fingerprint density at radius 3 is 2.69 bits per heavy atom. The fourth-order valence-corrected chi connectivity index (χ4v) is 1.34. The average molecular weight is 218 g/mol. The number of hydrogen-bond donors (Lipinski definition) is 1. The first-order chi connectivity index (χ1) is 7.63. The quantitative estimate of drug-likeness (QED) is 0.832. The normalized spacial score (nSPS) is 11.7. The molecule has 2 rings (SSSR count). The van der Waals surface area contributed by atoms with E-state index in [2.05, 4.69) is 15.1 Å². The van der Waals surface area contributed by atoms with Gasteiger partial charge in [-0.15, -0.1) is 0 Å². The van der Waals surface area contributed by atoms with Gasteiger partial charge in [-0.05, 0) is 11.6 Å². The van der Waals surface area contributed by atoms with Crippen LogP contribution in [0.4, 0.5) is 0 Å². The summed E-state index contributed by atoms with van der Waals surface area (Å²) >= 11 is 0. The van der Waals surface area contributed by atoms with E-state index in [9.17, 15) is 5.11 Å². The van der Waals surface area contributed by atoms with Crippen molar-refractivity contribution in [2.24, 2.45) is 0 Å². The molecule has 0 atom stereocenters. The van der Waals surface area contributed by atoms with Crippen molar-refractivity contribution in [3.8, 4) is 5.82 Å². The van der Waals surface area contributed by atoms with Crippen molar-refractivity contribution in [2.75, 3.05) is 6.61 Å². The van der Waals surface area contributed by atoms with Gasteiger partial charge in [0.25, 0.3) is 0 Å². The van der Waals surface area contributed by atoms with Crippen LogP contribution in [0.2, 0.25) is 0 Å². The summed E-state index contributed by atoms with van der Waals surface area (Å²) in [6.45, 7) is 4.04. The van der Waals surface area contributed by atoms with Crippen molar-refractivity contribution in [3.63, 3.8) is 0 Å². The number of nitrogens with zero attached hydrogens (tertiary/aromatic N) is 4. The van der Waals surface area contributed by atoms with Crippen LogP contribution in [0.1, 0.15) is 19.4 Å². The minimum atomic E-state index is -0.270. The molecule has 0 saturated carbocycles. The van der Waals surface area contributed by atoms with E-state index < -0.39 is 0 Å². The summed E-state index contributed by atoms with van der Waals surface area (Å²) < 4.78 is 1.59. The highest BCUT2D eigenvalue weighted by Gasteiger charge is 2.19. The lowest BCUT2D eigenvalue weighted by molar-refractivity contribution is 0.218. The van der Waals surface area contributed by atoms with Crippen LogP contribution in [-0.2, 0) is 5.41 Å². The zero-order valence-corrected chi connectivity index (χ0v) is 9.33. The van der Waals surface area contributed by atoms with Gasteiger partial charge in [0.05, 0.1) is 6.61 Å². The van der Waals surface area contributed by atoms with Crippen LogP contribution < -0.4 is 0 Å². The maximum absolute atomic E-state index is 9.25. The second kappa shape index (κ2) is 4.02. The lowest BCUT2D eigenvalue weighted by Crippen LogP contribution is -2.22. The Bertz CT molecular complexity index is 447. The molecule has 0 aliphatic carbocycles. The molecule has 0 aliphatic rings. The van der Waals surface area contributed by atoms with Crippen LogP contribution in [0, 0.1) is 0 Å². The van der Waals surface area contributed by atoms with Crippen LogP contribution in [0.5, 0.6) is 0 Å². The topological polar surface area (TPSA) is 63.8 Å². The molecule has 2 heterocycles. The van der Waals surface area contributed by atoms with Gasteiger partial charge in [0.1, 0.15) is 12.7 Å². The summed E-state index contributed by atoms with van der Waals surface area (Å²) in [6, 6.07) is 3.81. The standard InChI is InChI=1S/C11H14N4O/c1-11(2,6-16)9-3-4-10(13-5-9)15-8-12-7-14-15/h3-5,7-8,16H,6H2,1-2H3. The third kappa shape index (κ3) is 1.94. The van der Waals surface area contributed by atoms with Gasteiger partial charge < -0.3 is 5.11 Å². The fourth-order valence-electron chi connectivity index (χ4n) is 1.34. The van der Waals surface area contributed by atoms with E-state index in [1.807, 2.05) is 26.0 Å². The molecule has 0 fully saturated rings. The molecular formula is C11H14N4O. The minimum absolute atomic E-state index is 0.0946. The first-order valence-corrected chi connectivity index (χ1v) is 5.06. The largest absolute Gasteiger partial charge is 0.395 e. The molecule has 16 heavy (non-hydrogen) atoms. The molecule has 0 amide bonds. The molecule has 0 unspecified atom stereocenters. The van der Waals surface area contributed by atoms with E-state index in [0.717, 1.165) is 11.4 Å². The first-order valence-electron chi connectivity index (χ1n) is 5.06. The molecule has 2 aromatic heterocycles. The maximum atomic E-state index is 9.25. The summed E-state index contributed by atoms with van der Waals surface area (Å²) in [6.07, 6.45) is 4.82. The van der Waals surface area contributed by atoms with Gasteiger partial charge >= 0.3 is 0 Å². The van der Waals surface area contributed by atoms with Gasteiger partial charge in [-0.1, -0.05) is 19.9 Å². The Kier molecular flexibility index (Phi) is 2.70. The van der Waals surface area contributed by atoms with Crippen LogP contribution in [-0.4, -0.2) is 31.5 Å². The van der Waals surface area contributed by atoms with E-state index in [-0.39, 0.29) is 12.0 Å². The molecule has 0 saturated heterocycles. The van der Waals surface area contributed by atoms with Crippen molar-refractivity contribution in [3.05, 3.63) is 36.5 Å². The summed E-state index contributed by atoms with van der Waals surface area (Å²) in [5.41, 5.74) is 0.729. The minimum Gasteiger partial charge on any atom is -0.395 e. The molecule has 2 aromatic rings. The van der Waals surface area contributed by atoms with E-state index in [0.29, 0.717) is 0 Å². The molecular weight excluding hydrogens is 204 g/mol. The Morgan fingerprint density at radius 2 is 2.19 bits per heavy atom. The van der Waals surface area contributed by atoms with E-state index in [1.165, 1.54) is 6.33 Å². The van der Waals surface area contributed by atoms with Crippen molar-refractivity contribution < 1.29 is 5.11 Å². The van der Waals surface area contributed by atoms with Gasteiger partial charge in [0, 0.05) is 11.6 Å². The third-order valence-corrected chi connectivity index (χ3v) is 2.58. The SMILES string of the molecule is CC(C)(CO)c1ccc(-n2cncn2)nc1. The third-order valence-electron chi connectivity index (χ3n) is 2.58. The second-order valence-corrected chi connectivity index (χ2v) is 4.29. The highest BCUT2D eigenvalue weighted by Crippen LogP contribution is 2.21. The van der Waals surface area contributed by atoms with Crippen LogP contribution in [0.15, 0.2) is 31.0 Å². The van der Waals surface area contributed by atoms with Gasteiger partial charge in [0.2, 0.25) is 0 Å². The monoisotopic (exact) mass is 218 g/mol. The summed E-state index contributed by atoms with van der Waals surface area (Å²) in [5, 5.41) is 13.2. The highest BCUT2D eigenvalue weighted by molar-refractivity contribution is 5.28. The molecule has 5 nitrogen and oxygen atoms in total. The Labute approximate surface area is 93.8 Å². The van der Waals surface area contributed by atoms with Crippen molar-refractivity contribution in [1.82, 2.24) is 19.7 Å². The molecule has 0 aromatic carbocycles. The smallest absolute Gasteiger partial charge is 0.155 e. The lowest BCUT2D eigenvalue weighted by atomic mass is 9.87. The molecule has 0 spiro atoms. The number of aliphatic hydroxyl groups excluding tert-OH is 1. The predicted octanol–water partition coefficient (Wildman–Crippen LogP) is 0.932. The predicted molar refractivity (Wildman–Crippen MR) is 59.3 cm³/mol. The summed E-state index contributed by atoms with van der Waals surface area (Å²) in [5.74, 6) is 0.718. The Morgan fingerprint density at radius 1 is 1.38 bits per heavy atom. The molecule has 1 N–H and O–H groups in total. The molecule has 84 valence electrons. The van der Waals surface area contributed by atoms with Crippen LogP contribution in [0.3, 0.4) is 0 Å². The van der Waals surface area contributed by atoms with E-state index in [1.54, 1.807) is 17.2 Å². The number of rotatable bonds is 3. The average Bonchev–Trinajstić information content (AvgIpc) is 2.83. The molecule has 0 radical (unpaired) electrons. The highest BCUT2D eigenvalue weighted by atomic mass is 16.3. The number of hydrogen-bond acceptors (Lipinski definition) is 4. The van der Waals surface area contributed by atoms with Gasteiger partial charge in [-0.2, -0.15) is 5.10 Å². The summed E-state index contributed by atoms with van der Waals surface area (Å²) in [7, 11) is 0. The summed E-state index contributed by atoms with van der Waals surface area (Å²) in [4.78, 5) is 8.14. The van der Waals surface area contributed by atoms with Crippen molar-refractivity contribution >= 4 is 0 Å². The van der Waals surface area contributed by atoms with Crippen molar-refractivity contribution in [1.29, 1.82) is 0 Å². The second-order valence-electron chi connectivity index (χ2n) is 4.29. The number of aromatic nitrogens is 4. The van der Waals surface area contributed by atoms with Crippen molar-refractivity contribution in [2.45, 2.75) is 19.3 Å². The molecule has 0 bridgehead atoms. The molecule has 5 heteroatoms. The zero-order chi connectivity index (χ0) is 11.6. The fraction of sp³-hybridized carbons (Fsp3) is 0.364. The van der Waals surface area contributed by atoms with Gasteiger partial charge in [-0.3, -0.25) is 0 Å². The zero-order valence-electron chi connectivity index (χ0n) is 9.33. The maximum Gasteiger partial charge on any atom is 0.155 e. The Hall–Kier alpha value is -1.75. The number of aliphatic hydroxyl groups is 1. The van der Waals surface area contributed by atoms with E-state index >= 15 is 0 Å². The number of pyridine rings is 1. The first kappa shape index (κ1) is 10.8. The van der Waals surface area contributed by atoms with Crippen LogP contribution >= 0.6 is 0 Å². The lowest BCUT2D eigenvalue weighted by Gasteiger charge is -2.21.